The molecule has 1 aromatic carbocycles. The Bertz CT molecular complexity index is 369. The summed E-state index contributed by atoms with van der Waals surface area (Å²) in [4.78, 5) is 0. The van der Waals surface area contributed by atoms with Gasteiger partial charge >= 0.3 is 0 Å². The van der Waals surface area contributed by atoms with E-state index in [1.807, 2.05) is 18.2 Å². The van der Waals surface area contributed by atoms with Gasteiger partial charge in [-0.1, -0.05) is 43.3 Å². The maximum absolute atomic E-state index is 5.49. The number of hydrogen-bond donors (Lipinski definition) is 0. The second kappa shape index (κ2) is 4.30. The molecular formula is C13H16Si. The van der Waals surface area contributed by atoms with Crippen molar-refractivity contribution in [3.05, 3.63) is 42.5 Å². The summed E-state index contributed by atoms with van der Waals surface area (Å²) in [7, 11) is -1.41. The number of hydrogen-bond acceptors (Lipinski definition) is 0. The molecule has 0 saturated carbocycles. The van der Waals surface area contributed by atoms with E-state index in [-0.39, 0.29) is 0 Å². The molecule has 0 spiro atoms. The second-order valence-corrected chi connectivity index (χ2v) is 8.78. The number of benzene rings is 1. The van der Waals surface area contributed by atoms with E-state index < -0.39 is 8.07 Å². The first-order valence-corrected chi connectivity index (χ1v) is 7.99. The van der Waals surface area contributed by atoms with Gasteiger partial charge in [-0.25, -0.2) is 0 Å². The molecule has 72 valence electrons. The minimum absolute atomic E-state index is 1.05. The molecule has 1 heteroatoms. The van der Waals surface area contributed by atoms with E-state index in [4.69, 9.17) is 6.42 Å². The average Bonchev–Trinajstić information content (AvgIpc) is 2.18. The van der Waals surface area contributed by atoms with Crippen LogP contribution in [0.15, 0.2) is 36.9 Å². The van der Waals surface area contributed by atoms with Crippen LogP contribution in [0.4, 0.5) is 0 Å². The molecule has 0 bridgehead atoms. The topological polar surface area (TPSA) is 0 Å². The Morgan fingerprint density at radius 1 is 1.43 bits per heavy atom. The Morgan fingerprint density at radius 3 is 2.64 bits per heavy atom. The first-order chi connectivity index (χ1) is 6.61. The van der Waals surface area contributed by atoms with E-state index >= 15 is 0 Å². The lowest BCUT2D eigenvalue weighted by Gasteiger charge is -2.22. The van der Waals surface area contributed by atoms with Gasteiger partial charge in [0, 0.05) is 5.56 Å². The Kier molecular flexibility index (Phi) is 3.32. The van der Waals surface area contributed by atoms with E-state index in [1.165, 1.54) is 5.19 Å². The Hall–Kier alpha value is -1.26. The highest BCUT2D eigenvalue weighted by molar-refractivity contribution is 6.90. The molecule has 0 aromatic heterocycles. The largest absolute Gasteiger partial charge is 0.115 e. The summed E-state index contributed by atoms with van der Waals surface area (Å²) in [6, 6.07) is 9.31. The van der Waals surface area contributed by atoms with Crippen LogP contribution < -0.4 is 5.19 Å². The van der Waals surface area contributed by atoms with Gasteiger partial charge < -0.3 is 0 Å². The standard InChI is InChI=1S/C13H16Si/c1-5-11-14(3,4)13-10-8-7-9-12(13)6-2/h2,5,7-10H,1,11H2,3-4H3. The van der Waals surface area contributed by atoms with Crippen LogP contribution in [0.5, 0.6) is 0 Å². The molecule has 0 nitrogen and oxygen atoms in total. The summed E-state index contributed by atoms with van der Waals surface area (Å²) in [5.41, 5.74) is 1.05. The fraction of sp³-hybridized carbons (Fsp3) is 0.231. The maximum Gasteiger partial charge on any atom is 0.0859 e. The Labute approximate surface area is 87.7 Å². The SMILES string of the molecule is C#Cc1ccccc1[Si](C)(C)CC=C. The van der Waals surface area contributed by atoms with E-state index in [0.29, 0.717) is 0 Å². The predicted octanol–water partition coefficient (Wildman–Crippen LogP) is 2.77. The van der Waals surface area contributed by atoms with Crippen LogP contribution in [0.1, 0.15) is 5.56 Å². The van der Waals surface area contributed by atoms with Crippen molar-refractivity contribution in [1.82, 2.24) is 0 Å². The monoisotopic (exact) mass is 200 g/mol. The highest BCUT2D eigenvalue weighted by atomic mass is 28.3. The quantitative estimate of drug-likeness (QED) is 0.400. The fourth-order valence-corrected chi connectivity index (χ4v) is 4.04. The van der Waals surface area contributed by atoms with Crippen molar-refractivity contribution in [2.24, 2.45) is 0 Å². The summed E-state index contributed by atoms with van der Waals surface area (Å²) in [6.45, 7) is 8.46. The molecule has 0 N–H and O–H groups in total. The van der Waals surface area contributed by atoms with Crippen molar-refractivity contribution in [3.63, 3.8) is 0 Å². The van der Waals surface area contributed by atoms with E-state index in [9.17, 15) is 0 Å². The minimum atomic E-state index is -1.41. The van der Waals surface area contributed by atoms with Crippen LogP contribution in [-0.4, -0.2) is 8.07 Å². The third kappa shape index (κ3) is 2.15. The number of allylic oxidation sites excluding steroid dienone is 1. The van der Waals surface area contributed by atoms with E-state index in [2.05, 4.69) is 37.7 Å². The van der Waals surface area contributed by atoms with E-state index in [1.54, 1.807) is 0 Å². The van der Waals surface area contributed by atoms with Gasteiger partial charge in [0.05, 0.1) is 8.07 Å². The van der Waals surface area contributed by atoms with Crippen LogP contribution >= 0.6 is 0 Å². The summed E-state index contributed by atoms with van der Waals surface area (Å²) >= 11 is 0. The van der Waals surface area contributed by atoms with Crippen LogP contribution in [-0.2, 0) is 0 Å². The van der Waals surface area contributed by atoms with Gasteiger partial charge in [0.25, 0.3) is 0 Å². The zero-order chi connectivity index (χ0) is 10.6. The molecule has 0 atom stereocenters. The predicted molar refractivity (Wildman–Crippen MR) is 66.5 cm³/mol. The molecule has 1 rings (SSSR count). The summed E-state index contributed by atoms with van der Waals surface area (Å²) in [6.07, 6.45) is 7.49. The lowest BCUT2D eigenvalue weighted by Crippen LogP contribution is -2.42. The molecule has 0 amide bonds. The molecule has 14 heavy (non-hydrogen) atoms. The normalized spacial score (nSPS) is 10.6. The van der Waals surface area contributed by atoms with Crippen molar-refractivity contribution >= 4 is 13.3 Å². The molecule has 0 aliphatic carbocycles. The Balaban J connectivity index is 3.18. The molecule has 1 aromatic rings. The van der Waals surface area contributed by atoms with Crippen LogP contribution in [0.3, 0.4) is 0 Å². The van der Waals surface area contributed by atoms with Gasteiger partial charge in [0.2, 0.25) is 0 Å². The summed E-state index contributed by atoms with van der Waals surface area (Å²) in [5.74, 6) is 2.76. The minimum Gasteiger partial charge on any atom is -0.115 e. The van der Waals surface area contributed by atoms with Crippen molar-refractivity contribution < 1.29 is 0 Å². The van der Waals surface area contributed by atoms with Crippen LogP contribution in [0, 0.1) is 12.3 Å². The first-order valence-electron chi connectivity index (χ1n) is 4.79. The van der Waals surface area contributed by atoms with Crippen molar-refractivity contribution in [2.75, 3.05) is 0 Å². The highest BCUT2D eigenvalue weighted by Crippen LogP contribution is 2.12. The number of terminal acetylenes is 1. The van der Waals surface area contributed by atoms with E-state index in [0.717, 1.165) is 11.6 Å². The lowest BCUT2D eigenvalue weighted by atomic mass is 10.2. The molecule has 0 fully saturated rings. The van der Waals surface area contributed by atoms with Crippen molar-refractivity contribution in [2.45, 2.75) is 19.1 Å². The highest BCUT2D eigenvalue weighted by Gasteiger charge is 2.23. The molecule has 0 aliphatic heterocycles. The van der Waals surface area contributed by atoms with Gasteiger partial charge in [0.15, 0.2) is 0 Å². The zero-order valence-corrected chi connectivity index (χ0v) is 9.88. The van der Waals surface area contributed by atoms with Crippen molar-refractivity contribution in [1.29, 1.82) is 0 Å². The summed E-state index contributed by atoms with van der Waals surface area (Å²) < 4.78 is 0. The lowest BCUT2D eigenvalue weighted by molar-refractivity contribution is 1.53. The third-order valence-corrected chi connectivity index (χ3v) is 5.67. The van der Waals surface area contributed by atoms with Crippen molar-refractivity contribution in [3.8, 4) is 12.3 Å². The smallest absolute Gasteiger partial charge is 0.0859 e. The number of rotatable bonds is 3. The molecular weight excluding hydrogens is 184 g/mol. The van der Waals surface area contributed by atoms with Crippen LogP contribution in [0.2, 0.25) is 19.1 Å². The van der Waals surface area contributed by atoms with Gasteiger partial charge in [-0.2, -0.15) is 0 Å². The van der Waals surface area contributed by atoms with Gasteiger partial charge in [-0.05, 0) is 17.3 Å². The fourth-order valence-electron chi connectivity index (χ4n) is 1.67. The maximum atomic E-state index is 5.49. The van der Waals surface area contributed by atoms with Crippen LogP contribution in [0.25, 0.3) is 0 Å². The summed E-state index contributed by atoms with van der Waals surface area (Å²) in [5, 5.41) is 1.36. The third-order valence-electron chi connectivity index (χ3n) is 2.47. The van der Waals surface area contributed by atoms with Gasteiger partial charge in [-0.3, -0.25) is 0 Å². The molecule has 0 saturated heterocycles. The van der Waals surface area contributed by atoms with Gasteiger partial charge in [0.1, 0.15) is 0 Å². The molecule has 0 heterocycles. The van der Waals surface area contributed by atoms with Gasteiger partial charge in [-0.15, -0.1) is 13.0 Å². The Morgan fingerprint density at radius 2 is 2.07 bits per heavy atom. The molecule has 0 aliphatic rings. The average molecular weight is 200 g/mol. The zero-order valence-electron chi connectivity index (χ0n) is 8.88. The first kappa shape index (κ1) is 10.8. The molecule has 0 unspecified atom stereocenters. The second-order valence-electron chi connectivity index (χ2n) is 4.07. The molecule has 0 radical (unpaired) electrons.